The highest BCUT2D eigenvalue weighted by molar-refractivity contribution is 5.97. The van der Waals surface area contributed by atoms with Crippen molar-refractivity contribution in [2.75, 3.05) is 31.6 Å². The molecule has 4 rings (SSSR count). The van der Waals surface area contributed by atoms with Gasteiger partial charge < -0.3 is 19.5 Å². The molecule has 0 bridgehead atoms. The van der Waals surface area contributed by atoms with Crippen LogP contribution < -0.4 is 10.7 Å². The van der Waals surface area contributed by atoms with E-state index in [1.807, 2.05) is 38.1 Å². The van der Waals surface area contributed by atoms with Crippen LogP contribution in [0.1, 0.15) is 21.6 Å². The molecule has 3 heterocycles. The third kappa shape index (κ3) is 4.49. The summed E-state index contributed by atoms with van der Waals surface area (Å²) >= 11 is 0. The highest BCUT2D eigenvalue weighted by Crippen LogP contribution is 2.14. The summed E-state index contributed by atoms with van der Waals surface area (Å²) in [6, 6.07) is 10.9. The first kappa shape index (κ1) is 20.7. The molecule has 1 saturated heterocycles. The van der Waals surface area contributed by atoms with Crippen LogP contribution in [0.3, 0.4) is 0 Å². The van der Waals surface area contributed by atoms with E-state index in [-0.39, 0.29) is 29.4 Å². The van der Waals surface area contributed by atoms with Gasteiger partial charge in [0.05, 0.1) is 18.6 Å². The lowest BCUT2D eigenvalue weighted by Gasteiger charge is -2.27. The van der Waals surface area contributed by atoms with Crippen LogP contribution >= 0.6 is 0 Å². The number of anilines is 1. The first-order valence-corrected chi connectivity index (χ1v) is 10.2. The summed E-state index contributed by atoms with van der Waals surface area (Å²) in [6.45, 7) is 5.41. The lowest BCUT2D eigenvalue weighted by Crippen LogP contribution is -2.42. The van der Waals surface area contributed by atoms with Gasteiger partial charge in [0.2, 0.25) is 11.3 Å². The number of aryl methyl sites for hydroxylation is 2. The van der Waals surface area contributed by atoms with Crippen LogP contribution in [0.25, 0.3) is 11.0 Å². The number of pyridine rings is 2. The SMILES string of the molecule is Cc1cccc(NC(=O)Cn2cc(C(=O)N3CCOCC3)c(=O)c3ccc(C)nc32)c1. The van der Waals surface area contributed by atoms with E-state index in [9.17, 15) is 14.4 Å². The molecule has 0 spiro atoms. The summed E-state index contributed by atoms with van der Waals surface area (Å²) in [5.41, 5.74) is 2.46. The second-order valence-corrected chi connectivity index (χ2v) is 7.65. The second kappa shape index (κ2) is 8.69. The number of nitrogens with one attached hydrogen (secondary N) is 1. The lowest BCUT2D eigenvalue weighted by atomic mass is 10.1. The van der Waals surface area contributed by atoms with Crippen LogP contribution in [0.5, 0.6) is 0 Å². The number of nitrogens with zero attached hydrogens (tertiary/aromatic N) is 3. The smallest absolute Gasteiger partial charge is 0.259 e. The van der Waals surface area contributed by atoms with Gasteiger partial charge in [0.25, 0.3) is 5.91 Å². The van der Waals surface area contributed by atoms with E-state index >= 15 is 0 Å². The van der Waals surface area contributed by atoms with Crippen molar-refractivity contribution in [2.24, 2.45) is 0 Å². The molecule has 0 atom stereocenters. The molecule has 2 aromatic heterocycles. The van der Waals surface area contributed by atoms with Crippen molar-refractivity contribution in [3.63, 3.8) is 0 Å². The van der Waals surface area contributed by atoms with Gasteiger partial charge in [-0.25, -0.2) is 4.98 Å². The van der Waals surface area contributed by atoms with Crippen LogP contribution in [-0.4, -0.2) is 52.6 Å². The number of hydrogen-bond acceptors (Lipinski definition) is 5. The second-order valence-electron chi connectivity index (χ2n) is 7.65. The van der Waals surface area contributed by atoms with Crippen molar-refractivity contribution < 1.29 is 14.3 Å². The number of benzene rings is 1. The quantitative estimate of drug-likeness (QED) is 0.698. The molecule has 31 heavy (non-hydrogen) atoms. The minimum absolute atomic E-state index is 0.0309. The standard InChI is InChI=1S/C23H24N4O4/c1-15-4-3-5-17(12-15)25-20(28)14-27-13-19(23(30)26-8-10-31-11-9-26)21(29)18-7-6-16(2)24-22(18)27/h3-7,12-13H,8-11,14H2,1-2H3,(H,25,28). The van der Waals surface area contributed by atoms with Crippen molar-refractivity contribution in [3.8, 4) is 0 Å². The molecule has 0 aliphatic carbocycles. The summed E-state index contributed by atoms with van der Waals surface area (Å²) in [6.07, 6.45) is 1.45. The van der Waals surface area contributed by atoms with Gasteiger partial charge in [-0.05, 0) is 43.7 Å². The van der Waals surface area contributed by atoms with Gasteiger partial charge in [0.15, 0.2) is 0 Å². The van der Waals surface area contributed by atoms with Gasteiger partial charge in [0.1, 0.15) is 17.8 Å². The van der Waals surface area contributed by atoms with Crippen LogP contribution in [-0.2, 0) is 16.1 Å². The van der Waals surface area contributed by atoms with Gasteiger partial charge in [-0.15, -0.1) is 0 Å². The first-order chi connectivity index (χ1) is 14.9. The maximum absolute atomic E-state index is 13.1. The van der Waals surface area contributed by atoms with E-state index in [4.69, 9.17) is 4.74 Å². The highest BCUT2D eigenvalue weighted by Gasteiger charge is 2.23. The predicted molar refractivity (Wildman–Crippen MR) is 117 cm³/mol. The minimum Gasteiger partial charge on any atom is -0.378 e. The first-order valence-electron chi connectivity index (χ1n) is 10.2. The average molecular weight is 420 g/mol. The molecular formula is C23H24N4O4. The molecular weight excluding hydrogens is 396 g/mol. The number of hydrogen-bond donors (Lipinski definition) is 1. The average Bonchev–Trinajstić information content (AvgIpc) is 2.75. The van der Waals surface area contributed by atoms with E-state index < -0.39 is 0 Å². The molecule has 0 unspecified atom stereocenters. The van der Waals surface area contributed by atoms with Crippen molar-refractivity contribution in [2.45, 2.75) is 20.4 Å². The molecule has 3 aromatic rings. The van der Waals surface area contributed by atoms with Crippen molar-refractivity contribution >= 4 is 28.5 Å². The number of carbonyl (C=O) groups is 2. The highest BCUT2D eigenvalue weighted by atomic mass is 16.5. The predicted octanol–water partition coefficient (Wildman–Crippen LogP) is 2.12. The van der Waals surface area contributed by atoms with Crippen molar-refractivity contribution in [3.05, 3.63) is 69.6 Å². The Bertz CT molecular complexity index is 1210. The number of ether oxygens (including phenoxy) is 1. The number of amides is 2. The molecule has 1 fully saturated rings. The Morgan fingerprint density at radius 2 is 1.90 bits per heavy atom. The van der Waals surface area contributed by atoms with E-state index in [2.05, 4.69) is 10.3 Å². The molecule has 1 aliphatic rings. The maximum atomic E-state index is 13.1. The summed E-state index contributed by atoms with van der Waals surface area (Å²) < 4.78 is 6.87. The van der Waals surface area contributed by atoms with E-state index in [0.717, 1.165) is 5.56 Å². The van der Waals surface area contributed by atoms with Crippen LogP contribution in [0.2, 0.25) is 0 Å². The summed E-state index contributed by atoms with van der Waals surface area (Å²) in [4.78, 5) is 44.9. The van der Waals surface area contributed by atoms with Crippen LogP contribution in [0.4, 0.5) is 5.69 Å². The fourth-order valence-corrected chi connectivity index (χ4v) is 3.65. The topological polar surface area (TPSA) is 93.5 Å². The Labute approximate surface area is 179 Å². The van der Waals surface area contributed by atoms with E-state index in [0.29, 0.717) is 48.7 Å². The molecule has 1 aromatic carbocycles. The van der Waals surface area contributed by atoms with E-state index in [1.54, 1.807) is 21.6 Å². The molecule has 2 amide bonds. The third-order valence-corrected chi connectivity index (χ3v) is 5.21. The van der Waals surface area contributed by atoms with Gasteiger partial charge in [-0.1, -0.05) is 12.1 Å². The number of carbonyl (C=O) groups excluding carboxylic acids is 2. The normalized spacial score (nSPS) is 13.9. The minimum atomic E-state index is -0.380. The molecule has 1 aliphatic heterocycles. The molecule has 160 valence electrons. The van der Waals surface area contributed by atoms with Crippen LogP contribution in [0.15, 0.2) is 47.4 Å². The molecule has 0 saturated carbocycles. The third-order valence-electron chi connectivity index (χ3n) is 5.21. The Morgan fingerprint density at radius 3 is 2.65 bits per heavy atom. The number of aromatic nitrogens is 2. The number of rotatable bonds is 4. The molecule has 8 heteroatoms. The zero-order valence-electron chi connectivity index (χ0n) is 17.6. The summed E-state index contributed by atoms with van der Waals surface area (Å²) in [5.74, 6) is -0.632. The summed E-state index contributed by atoms with van der Waals surface area (Å²) in [5, 5.41) is 3.17. The zero-order valence-corrected chi connectivity index (χ0v) is 17.6. The number of fused-ring (bicyclic) bond motifs is 1. The molecule has 0 radical (unpaired) electrons. The fraction of sp³-hybridized carbons (Fsp3) is 0.304. The van der Waals surface area contributed by atoms with Crippen LogP contribution in [0, 0.1) is 13.8 Å². The maximum Gasteiger partial charge on any atom is 0.259 e. The van der Waals surface area contributed by atoms with E-state index in [1.165, 1.54) is 6.20 Å². The largest absolute Gasteiger partial charge is 0.378 e. The fourth-order valence-electron chi connectivity index (χ4n) is 3.65. The van der Waals surface area contributed by atoms with Gasteiger partial charge in [0, 0.05) is 30.7 Å². The lowest BCUT2D eigenvalue weighted by molar-refractivity contribution is -0.116. The zero-order chi connectivity index (χ0) is 22.0. The molecule has 8 nitrogen and oxygen atoms in total. The molecule has 1 N–H and O–H groups in total. The Morgan fingerprint density at radius 1 is 1.13 bits per heavy atom. The van der Waals surface area contributed by atoms with Gasteiger partial charge in [-0.2, -0.15) is 0 Å². The Kier molecular flexibility index (Phi) is 5.81. The van der Waals surface area contributed by atoms with Gasteiger partial charge in [-0.3, -0.25) is 14.4 Å². The Hall–Kier alpha value is -3.52. The number of morpholine rings is 1. The summed E-state index contributed by atoms with van der Waals surface area (Å²) in [7, 11) is 0. The van der Waals surface area contributed by atoms with Crippen molar-refractivity contribution in [1.82, 2.24) is 14.5 Å². The Balaban J connectivity index is 1.71. The monoisotopic (exact) mass is 420 g/mol. The van der Waals surface area contributed by atoms with Gasteiger partial charge >= 0.3 is 0 Å². The van der Waals surface area contributed by atoms with Crippen molar-refractivity contribution in [1.29, 1.82) is 0 Å².